The minimum Gasteiger partial charge on any atom is -0.496 e. The van der Waals surface area contributed by atoms with Crippen molar-refractivity contribution in [1.82, 2.24) is 24.8 Å². The van der Waals surface area contributed by atoms with Gasteiger partial charge in [-0.25, -0.2) is 15.0 Å². The molecule has 1 N–H and O–H groups in total. The van der Waals surface area contributed by atoms with Gasteiger partial charge in [0.05, 0.1) is 44.5 Å². The SMILES string of the molecule is COc1cccc(OC)c1CN1CCO[C@@H](c2cncc(Nc3ncccn3)n2)C1. The highest BCUT2D eigenvalue weighted by molar-refractivity contribution is 5.46. The molecule has 2 aromatic heterocycles. The Kier molecular flexibility index (Phi) is 6.31. The molecule has 1 atom stereocenters. The van der Waals surface area contributed by atoms with Crippen molar-refractivity contribution < 1.29 is 14.2 Å². The molecule has 0 bridgehead atoms. The molecule has 4 rings (SSSR count). The number of benzene rings is 1. The fourth-order valence-corrected chi connectivity index (χ4v) is 3.41. The minimum absolute atomic E-state index is 0.189. The first kappa shape index (κ1) is 20.0. The van der Waals surface area contributed by atoms with Crippen LogP contribution in [0.3, 0.4) is 0 Å². The Bertz CT molecular complexity index is 950. The maximum atomic E-state index is 5.98. The Labute approximate surface area is 175 Å². The molecule has 1 aliphatic rings. The third kappa shape index (κ3) is 4.64. The zero-order valence-electron chi connectivity index (χ0n) is 17.0. The van der Waals surface area contributed by atoms with Crippen LogP contribution in [0.1, 0.15) is 17.4 Å². The number of rotatable bonds is 7. The summed E-state index contributed by atoms with van der Waals surface area (Å²) in [4.78, 5) is 19.6. The maximum Gasteiger partial charge on any atom is 0.228 e. The standard InChI is InChI=1S/C21H24N6O3/c1-28-17-5-3-6-18(29-2)15(17)13-27-9-10-30-19(14-27)16-11-22-12-20(25-16)26-21-23-7-4-8-24-21/h3-8,11-12,19H,9-10,13-14H2,1-2H3,(H,23,24,25,26)/t19-/m1/s1. The normalized spacial score (nSPS) is 16.8. The van der Waals surface area contributed by atoms with Crippen molar-refractivity contribution in [2.75, 3.05) is 39.2 Å². The molecular weight excluding hydrogens is 384 g/mol. The number of morpholine rings is 1. The second-order valence-corrected chi connectivity index (χ2v) is 6.76. The zero-order valence-corrected chi connectivity index (χ0v) is 17.0. The highest BCUT2D eigenvalue weighted by Crippen LogP contribution is 2.31. The van der Waals surface area contributed by atoms with Crippen LogP contribution < -0.4 is 14.8 Å². The fourth-order valence-electron chi connectivity index (χ4n) is 3.41. The topological polar surface area (TPSA) is 94.5 Å². The third-order valence-electron chi connectivity index (χ3n) is 4.85. The van der Waals surface area contributed by atoms with Crippen LogP contribution in [0.2, 0.25) is 0 Å². The van der Waals surface area contributed by atoms with Crippen molar-refractivity contribution in [1.29, 1.82) is 0 Å². The maximum absolute atomic E-state index is 5.98. The summed E-state index contributed by atoms with van der Waals surface area (Å²) in [5, 5.41) is 3.07. The summed E-state index contributed by atoms with van der Waals surface area (Å²) >= 11 is 0. The van der Waals surface area contributed by atoms with Crippen LogP contribution in [-0.2, 0) is 11.3 Å². The average molecular weight is 408 g/mol. The Morgan fingerprint density at radius 1 is 1.10 bits per heavy atom. The number of hydrogen-bond acceptors (Lipinski definition) is 9. The third-order valence-corrected chi connectivity index (χ3v) is 4.85. The second-order valence-electron chi connectivity index (χ2n) is 6.76. The van der Waals surface area contributed by atoms with Gasteiger partial charge in [-0.05, 0) is 18.2 Å². The van der Waals surface area contributed by atoms with Gasteiger partial charge in [-0.2, -0.15) is 0 Å². The van der Waals surface area contributed by atoms with Gasteiger partial charge in [-0.15, -0.1) is 0 Å². The van der Waals surface area contributed by atoms with Gasteiger partial charge in [0.15, 0.2) is 5.82 Å². The Morgan fingerprint density at radius 3 is 2.60 bits per heavy atom. The number of nitrogens with one attached hydrogen (secondary N) is 1. The van der Waals surface area contributed by atoms with Crippen molar-refractivity contribution in [2.24, 2.45) is 0 Å². The number of hydrogen-bond donors (Lipinski definition) is 1. The molecule has 156 valence electrons. The predicted octanol–water partition coefficient (Wildman–Crippen LogP) is 2.60. The van der Waals surface area contributed by atoms with Gasteiger partial charge in [0.1, 0.15) is 17.6 Å². The van der Waals surface area contributed by atoms with Gasteiger partial charge < -0.3 is 19.5 Å². The molecule has 9 heteroatoms. The van der Waals surface area contributed by atoms with Crippen molar-refractivity contribution in [2.45, 2.75) is 12.6 Å². The van der Waals surface area contributed by atoms with E-state index in [9.17, 15) is 0 Å². The monoisotopic (exact) mass is 408 g/mol. The molecule has 0 unspecified atom stereocenters. The van der Waals surface area contributed by atoms with E-state index in [2.05, 4.69) is 30.2 Å². The molecule has 30 heavy (non-hydrogen) atoms. The molecule has 0 saturated carbocycles. The highest BCUT2D eigenvalue weighted by Gasteiger charge is 2.25. The van der Waals surface area contributed by atoms with Gasteiger partial charge in [0.2, 0.25) is 5.95 Å². The van der Waals surface area contributed by atoms with Crippen LogP contribution in [0.25, 0.3) is 0 Å². The van der Waals surface area contributed by atoms with E-state index >= 15 is 0 Å². The molecule has 3 heterocycles. The average Bonchev–Trinajstić information content (AvgIpc) is 2.80. The van der Waals surface area contributed by atoms with E-state index < -0.39 is 0 Å². The van der Waals surface area contributed by atoms with E-state index in [0.717, 1.165) is 29.3 Å². The van der Waals surface area contributed by atoms with E-state index in [0.29, 0.717) is 31.5 Å². The van der Waals surface area contributed by atoms with Crippen LogP contribution in [-0.4, -0.2) is 58.8 Å². The predicted molar refractivity (Wildman–Crippen MR) is 111 cm³/mol. The molecule has 3 aromatic rings. The summed E-state index contributed by atoms with van der Waals surface area (Å²) in [5.74, 6) is 2.67. The number of aromatic nitrogens is 4. The Morgan fingerprint density at radius 2 is 1.87 bits per heavy atom. The molecular formula is C21H24N6O3. The summed E-state index contributed by atoms with van der Waals surface area (Å²) in [6.07, 6.45) is 6.52. The summed E-state index contributed by atoms with van der Waals surface area (Å²) in [6.45, 7) is 2.78. The van der Waals surface area contributed by atoms with E-state index in [1.807, 2.05) is 18.2 Å². The van der Waals surface area contributed by atoms with E-state index in [1.165, 1.54) is 0 Å². The summed E-state index contributed by atoms with van der Waals surface area (Å²) in [6, 6.07) is 7.58. The van der Waals surface area contributed by atoms with Crippen molar-refractivity contribution in [3.8, 4) is 11.5 Å². The molecule has 1 saturated heterocycles. The lowest BCUT2D eigenvalue weighted by atomic mass is 10.1. The number of methoxy groups -OCH3 is 2. The van der Waals surface area contributed by atoms with Gasteiger partial charge in [0, 0.05) is 32.0 Å². The molecule has 0 amide bonds. The summed E-state index contributed by atoms with van der Waals surface area (Å²) in [7, 11) is 3.34. The lowest BCUT2D eigenvalue weighted by Crippen LogP contribution is -2.38. The Balaban J connectivity index is 1.48. The first-order chi connectivity index (χ1) is 14.8. The van der Waals surface area contributed by atoms with Gasteiger partial charge >= 0.3 is 0 Å². The lowest BCUT2D eigenvalue weighted by Gasteiger charge is -2.33. The first-order valence-electron chi connectivity index (χ1n) is 9.66. The zero-order chi connectivity index (χ0) is 20.8. The second kappa shape index (κ2) is 9.47. The van der Waals surface area contributed by atoms with Crippen molar-refractivity contribution >= 4 is 11.8 Å². The van der Waals surface area contributed by atoms with Crippen LogP contribution >= 0.6 is 0 Å². The van der Waals surface area contributed by atoms with E-state index in [1.54, 1.807) is 45.1 Å². The molecule has 1 fully saturated rings. The van der Waals surface area contributed by atoms with E-state index in [4.69, 9.17) is 14.2 Å². The van der Waals surface area contributed by atoms with Crippen LogP contribution in [0.15, 0.2) is 49.1 Å². The van der Waals surface area contributed by atoms with Gasteiger partial charge in [-0.1, -0.05) is 6.07 Å². The molecule has 1 aromatic carbocycles. The molecule has 0 aliphatic carbocycles. The van der Waals surface area contributed by atoms with Crippen LogP contribution in [0, 0.1) is 0 Å². The van der Waals surface area contributed by atoms with Crippen LogP contribution in [0.4, 0.5) is 11.8 Å². The summed E-state index contributed by atoms with van der Waals surface area (Å²) in [5.41, 5.74) is 1.78. The molecule has 9 nitrogen and oxygen atoms in total. The van der Waals surface area contributed by atoms with Crippen molar-refractivity contribution in [3.63, 3.8) is 0 Å². The number of anilines is 2. The van der Waals surface area contributed by atoms with Gasteiger partial charge in [-0.3, -0.25) is 9.88 Å². The Hall–Kier alpha value is -3.30. The van der Waals surface area contributed by atoms with Gasteiger partial charge in [0.25, 0.3) is 0 Å². The van der Waals surface area contributed by atoms with E-state index in [-0.39, 0.29) is 6.10 Å². The molecule has 1 aliphatic heterocycles. The summed E-state index contributed by atoms with van der Waals surface area (Å²) < 4.78 is 17.1. The largest absolute Gasteiger partial charge is 0.496 e. The smallest absolute Gasteiger partial charge is 0.228 e. The molecule has 0 radical (unpaired) electrons. The molecule has 0 spiro atoms. The van der Waals surface area contributed by atoms with Crippen molar-refractivity contribution in [3.05, 3.63) is 60.3 Å². The number of nitrogens with zero attached hydrogens (tertiary/aromatic N) is 5. The quantitative estimate of drug-likeness (QED) is 0.633. The van der Waals surface area contributed by atoms with Crippen LogP contribution in [0.5, 0.6) is 11.5 Å². The highest BCUT2D eigenvalue weighted by atomic mass is 16.5. The fraction of sp³-hybridized carbons (Fsp3) is 0.333. The number of ether oxygens (including phenoxy) is 3. The minimum atomic E-state index is -0.189. The lowest BCUT2D eigenvalue weighted by molar-refractivity contribution is -0.0354. The first-order valence-corrected chi connectivity index (χ1v) is 9.66.